The fraction of sp³-hybridized carbons (Fsp3) is 0.714. The van der Waals surface area contributed by atoms with Crippen LogP contribution in [-0.2, 0) is 4.79 Å². The van der Waals surface area contributed by atoms with Crippen LogP contribution < -0.4 is 0 Å². The number of hydrogen-bond acceptors (Lipinski definition) is 3. The second kappa shape index (κ2) is 4.52. The first-order valence-corrected chi connectivity index (χ1v) is 6.09. The molecule has 0 aromatic heterocycles. The average molecular weight is 234 g/mol. The second-order valence-corrected chi connectivity index (χ2v) is 6.00. The van der Waals surface area contributed by atoms with Crippen molar-refractivity contribution in [2.45, 2.75) is 40.5 Å². The van der Waals surface area contributed by atoms with Crippen LogP contribution in [0.1, 0.15) is 40.5 Å². The molecule has 1 aliphatic rings. The van der Waals surface area contributed by atoms with Gasteiger partial charge < -0.3 is 4.90 Å². The van der Waals surface area contributed by atoms with E-state index >= 15 is 0 Å². The molecule has 0 saturated carbocycles. The number of carbonyl (C=O) groups excluding carboxylic acids is 1. The van der Waals surface area contributed by atoms with E-state index < -0.39 is 10.8 Å². The second-order valence-electron chi connectivity index (χ2n) is 6.00. The summed E-state index contributed by atoms with van der Waals surface area (Å²) in [6.07, 6.45) is 1.24. The van der Waals surface area contributed by atoms with Gasteiger partial charge in [0, 0.05) is 24.2 Å². The Kier molecular flexibility index (Phi) is 3.66. The van der Waals surface area contributed by atoms with E-state index in [-0.39, 0.29) is 5.78 Å². The minimum Gasteiger partial charge on any atom is -0.375 e. The molecule has 1 rings (SSSR count). The lowest BCUT2D eigenvalue weighted by atomic mass is 9.68. The highest BCUT2D eigenvalue weighted by Crippen LogP contribution is 2.38. The predicted molar refractivity (Wildman–Crippen MR) is 68.1 cm³/mol. The fourth-order valence-electron chi connectivity index (χ4n) is 2.38. The molecule has 0 unspecified atom stereocenters. The first-order valence-electron chi connectivity index (χ1n) is 6.09. The summed E-state index contributed by atoms with van der Waals surface area (Å²) in [6.45, 7) is 13.0. The summed E-state index contributed by atoms with van der Waals surface area (Å²) in [7, 11) is 0. The molecular formula is C14H22N2O. The Morgan fingerprint density at radius 2 is 1.82 bits per heavy atom. The summed E-state index contributed by atoms with van der Waals surface area (Å²) in [5, 5.41) is 9.39. The smallest absolute Gasteiger partial charge is 0.158 e. The van der Waals surface area contributed by atoms with Gasteiger partial charge in [0.15, 0.2) is 5.78 Å². The van der Waals surface area contributed by atoms with Crippen molar-refractivity contribution >= 4 is 5.78 Å². The van der Waals surface area contributed by atoms with E-state index in [1.807, 2.05) is 27.7 Å². The number of carbonyl (C=O) groups is 1. The summed E-state index contributed by atoms with van der Waals surface area (Å²) >= 11 is 0. The topological polar surface area (TPSA) is 44.1 Å². The SMILES string of the molecule is C=C(C)N1CCC(C#N)(C(=O)C(C)(C)C)CC1. The lowest BCUT2D eigenvalue weighted by Crippen LogP contribution is -2.46. The van der Waals surface area contributed by atoms with Crippen molar-refractivity contribution in [3.05, 3.63) is 12.3 Å². The average Bonchev–Trinajstić information content (AvgIpc) is 2.26. The standard InChI is InChI=1S/C14H22N2O/c1-11(2)16-8-6-14(10-15,7-9-16)12(17)13(3,4)5/h1,6-9H2,2-5H3. The summed E-state index contributed by atoms with van der Waals surface area (Å²) in [5.41, 5.74) is -0.217. The third kappa shape index (κ3) is 2.69. The van der Waals surface area contributed by atoms with Crippen molar-refractivity contribution in [2.24, 2.45) is 10.8 Å². The molecule has 0 atom stereocenters. The van der Waals surface area contributed by atoms with Gasteiger partial charge in [-0.25, -0.2) is 0 Å². The van der Waals surface area contributed by atoms with Crippen molar-refractivity contribution in [2.75, 3.05) is 13.1 Å². The van der Waals surface area contributed by atoms with Gasteiger partial charge in [-0.15, -0.1) is 0 Å². The number of hydrogen-bond donors (Lipinski definition) is 0. The van der Waals surface area contributed by atoms with Gasteiger partial charge >= 0.3 is 0 Å². The number of piperidine rings is 1. The molecule has 0 spiro atoms. The molecule has 3 nitrogen and oxygen atoms in total. The van der Waals surface area contributed by atoms with Crippen LogP contribution in [-0.4, -0.2) is 23.8 Å². The van der Waals surface area contributed by atoms with Gasteiger partial charge in [-0.1, -0.05) is 27.4 Å². The number of ketones is 1. The zero-order valence-corrected chi connectivity index (χ0v) is 11.3. The highest BCUT2D eigenvalue weighted by Gasteiger charge is 2.45. The largest absolute Gasteiger partial charge is 0.375 e. The number of rotatable bonds is 2. The molecule has 0 aromatic rings. The molecule has 0 amide bonds. The highest BCUT2D eigenvalue weighted by molar-refractivity contribution is 5.91. The van der Waals surface area contributed by atoms with Crippen LogP contribution in [0, 0.1) is 22.2 Å². The fourth-order valence-corrected chi connectivity index (χ4v) is 2.38. The molecule has 1 aliphatic heterocycles. The summed E-state index contributed by atoms with van der Waals surface area (Å²) in [5.74, 6) is 0.0777. The Morgan fingerprint density at radius 3 is 2.12 bits per heavy atom. The van der Waals surface area contributed by atoms with Crippen molar-refractivity contribution in [3.8, 4) is 6.07 Å². The third-order valence-corrected chi connectivity index (χ3v) is 3.49. The van der Waals surface area contributed by atoms with E-state index in [1.54, 1.807) is 0 Å². The summed E-state index contributed by atoms with van der Waals surface area (Å²) in [4.78, 5) is 14.5. The Bertz CT molecular complexity index is 363. The maximum atomic E-state index is 12.4. The van der Waals surface area contributed by atoms with Gasteiger partial charge in [0.05, 0.1) is 6.07 Å². The Hall–Kier alpha value is -1.30. The van der Waals surface area contributed by atoms with Gasteiger partial charge in [0.2, 0.25) is 0 Å². The maximum absolute atomic E-state index is 12.4. The lowest BCUT2D eigenvalue weighted by Gasteiger charge is -2.40. The van der Waals surface area contributed by atoms with Crippen molar-refractivity contribution in [1.29, 1.82) is 5.26 Å². The number of allylic oxidation sites excluding steroid dienone is 1. The zero-order valence-electron chi connectivity index (χ0n) is 11.3. The molecular weight excluding hydrogens is 212 g/mol. The molecule has 17 heavy (non-hydrogen) atoms. The van der Waals surface area contributed by atoms with E-state index in [2.05, 4.69) is 17.5 Å². The van der Waals surface area contributed by atoms with Crippen LogP contribution in [0.25, 0.3) is 0 Å². The first-order chi connectivity index (χ1) is 7.73. The number of Topliss-reactive ketones (excluding diaryl/α,β-unsaturated/α-hetero) is 1. The van der Waals surface area contributed by atoms with Gasteiger partial charge in [-0.2, -0.15) is 5.26 Å². The minimum absolute atomic E-state index is 0.0777. The lowest BCUT2D eigenvalue weighted by molar-refractivity contribution is -0.135. The zero-order chi connectivity index (χ0) is 13.3. The van der Waals surface area contributed by atoms with Crippen LogP contribution in [0.3, 0.4) is 0 Å². The number of nitrogens with zero attached hydrogens (tertiary/aromatic N) is 2. The Morgan fingerprint density at radius 1 is 1.35 bits per heavy atom. The molecule has 0 radical (unpaired) electrons. The van der Waals surface area contributed by atoms with Crippen LogP contribution in [0.4, 0.5) is 0 Å². The van der Waals surface area contributed by atoms with Crippen LogP contribution in [0.15, 0.2) is 12.3 Å². The van der Waals surface area contributed by atoms with Crippen molar-refractivity contribution in [1.82, 2.24) is 4.90 Å². The van der Waals surface area contributed by atoms with Gasteiger partial charge in [-0.3, -0.25) is 4.79 Å². The molecule has 94 valence electrons. The molecule has 3 heteroatoms. The van der Waals surface area contributed by atoms with Crippen molar-refractivity contribution < 1.29 is 4.79 Å². The third-order valence-electron chi connectivity index (χ3n) is 3.49. The quantitative estimate of drug-likeness (QED) is 0.738. The maximum Gasteiger partial charge on any atom is 0.158 e. The first kappa shape index (κ1) is 13.8. The van der Waals surface area contributed by atoms with E-state index in [9.17, 15) is 10.1 Å². The van der Waals surface area contributed by atoms with Crippen molar-refractivity contribution in [3.63, 3.8) is 0 Å². The van der Waals surface area contributed by atoms with Gasteiger partial charge in [0.25, 0.3) is 0 Å². The monoisotopic (exact) mass is 234 g/mol. The number of likely N-dealkylation sites (tertiary alicyclic amines) is 1. The molecule has 0 aliphatic carbocycles. The molecule has 0 N–H and O–H groups in total. The van der Waals surface area contributed by atoms with E-state index in [1.165, 1.54) is 0 Å². The van der Waals surface area contributed by atoms with Crippen LogP contribution >= 0.6 is 0 Å². The van der Waals surface area contributed by atoms with E-state index in [0.717, 1.165) is 18.8 Å². The molecule has 1 heterocycles. The summed E-state index contributed by atoms with van der Waals surface area (Å²) < 4.78 is 0. The minimum atomic E-state index is -0.787. The number of nitriles is 1. The molecule has 0 aromatic carbocycles. The van der Waals surface area contributed by atoms with Gasteiger partial charge in [0.1, 0.15) is 5.41 Å². The highest BCUT2D eigenvalue weighted by atomic mass is 16.1. The Balaban J connectivity index is 2.86. The molecule has 0 bridgehead atoms. The van der Waals surface area contributed by atoms with Crippen LogP contribution in [0.2, 0.25) is 0 Å². The molecule has 1 saturated heterocycles. The van der Waals surface area contributed by atoms with Gasteiger partial charge in [-0.05, 0) is 19.8 Å². The summed E-state index contributed by atoms with van der Waals surface area (Å²) in [6, 6.07) is 2.28. The van der Waals surface area contributed by atoms with Crippen LogP contribution in [0.5, 0.6) is 0 Å². The van der Waals surface area contributed by atoms with E-state index in [4.69, 9.17) is 0 Å². The Labute approximate surface area is 104 Å². The normalized spacial score (nSPS) is 19.6. The predicted octanol–water partition coefficient (Wildman–Crippen LogP) is 2.74. The van der Waals surface area contributed by atoms with E-state index in [0.29, 0.717) is 12.8 Å². The molecule has 1 fully saturated rings.